The lowest BCUT2D eigenvalue weighted by Gasteiger charge is -2.31. The SMILES string of the molecule is CCn1c(Cn2cccn2)nnc1C1CCN(C(=O)Cc2ccsc2)CC1. The molecule has 0 atom stereocenters. The highest BCUT2D eigenvalue weighted by atomic mass is 32.1. The second kappa shape index (κ2) is 8.04. The fraction of sp³-hybridized carbons (Fsp3) is 0.474. The van der Waals surface area contributed by atoms with E-state index in [-0.39, 0.29) is 5.91 Å². The number of carbonyl (C=O) groups excluding carboxylic acids is 1. The Morgan fingerprint density at radius 3 is 2.81 bits per heavy atom. The van der Waals surface area contributed by atoms with E-state index in [0.717, 1.165) is 49.7 Å². The first-order chi connectivity index (χ1) is 13.2. The predicted molar refractivity (Wildman–Crippen MR) is 104 cm³/mol. The number of thiophene rings is 1. The van der Waals surface area contributed by atoms with Crippen molar-refractivity contribution in [3.8, 4) is 0 Å². The smallest absolute Gasteiger partial charge is 0.227 e. The molecule has 27 heavy (non-hydrogen) atoms. The molecule has 142 valence electrons. The lowest BCUT2D eigenvalue weighted by molar-refractivity contribution is -0.131. The molecule has 0 aromatic carbocycles. The summed E-state index contributed by atoms with van der Waals surface area (Å²) in [4.78, 5) is 14.5. The van der Waals surface area contributed by atoms with Crippen LogP contribution in [0, 0.1) is 0 Å². The van der Waals surface area contributed by atoms with Crippen LogP contribution in [0.4, 0.5) is 0 Å². The van der Waals surface area contributed by atoms with Crippen LogP contribution in [0.25, 0.3) is 0 Å². The van der Waals surface area contributed by atoms with Gasteiger partial charge in [0.25, 0.3) is 0 Å². The quantitative estimate of drug-likeness (QED) is 0.655. The van der Waals surface area contributed by atoms with E-state index in [1.54, 1.807) is 17.5 Å². The van der Waals surface area contributed by atoms with Crippen LogP contribution in [-0.2, 0) is 24.3 Å². The highest BCUT2D eigenvalue weighted by molar-refractivity contribution is 7.08. The van der Waals surface area contributed by atoms with Crippen molar-refractivity contribution in [3.05, 3.63) is 52.5 Å². The molecule has 1 amide bonds. The van der Waals surface area contributed by atoms with Gasteiger partial charge in [-0.3, -0.25) is 9.48 Å². The fourth-order valence-corrected chi connectivity index (χ4v) is 4.39. The van der Waals surface area contributed by atoms with Gasteiger partial charge in [0.1, 0.15) is 12.4 Å². The monoisotopic (exact) mass is 384 g/mol. The van der Waals surface area contributed by atoms with Crippen molar-refractivity contribution in [1.82, 2.24) is 29.4 Å². The summed E-state index contributed by atoms with van der Waals surface area (Å²) in [6, 6.07) is 3.94. The number of nitrogens with zero attached hydrogens (tertiary/aromatic N) is 6. The number of aromatic nitrogens is 5. The number of amides is 1. The maximum Gasteiger partial charge on any atom is 0.227 e. The van der Waals surface area contributed by atoms with Crippen LogP contribution in [0.15, 0.2) is 35.3 Å². The summed E-state index contributed by atoms with van der Waals surface area (Å²) < 4.78 is 4.07. The summed E-state index contributed by atoms with van der Waals surface area (Å²) in [6.07, 6.45) is 6.10. The molecule has 0 unspecified atom stereocenters. The zero-order valence-corrected chi connectivity index (χ0v) is 16.3. The first kappa shape index (κ1) is 17.9. The third-order valence-electron chi connectivity index (χ3n) is 5.18. The van der Waals surface area contributed by atoms with E-state index in [0.29, 0.717) is 18.9 Å². The number of hydrogen-bond donors (Lipinski definition) is 0. The van der Waals surface area contributed by atoms with E-state index in [9.17, 15) is 4.79 Å². The summed E-state index contributed by atoms with van der Waals surface area (Å²) in [5, 5.41) is 17.2. The van der Waals surface area contributed by atoms with E-state index in [1.807, 2.05) is 33.3 Å². The largest absolute Gasteiger partial charge is 0.342 e. The van der Waals surface area contributed by atoms with Crippen LogP contribution in [0.1, 0.15) is 42.9 Å². The van der Waals surface area contributed by atoms with Crippen LogP contribution < -0.4 is 0 Å². The zero-order valence-electron chi connectivity index (χ0n) is 15.5. The first-order valence-corrected chi connectivity index (χ1v) is 10.4. The molecule has 0 spiro atoms. The fourth-order valence-electron chi connectivity index (χ4n) is 3.72. The molecule has 1 saturated heterocycles. The van der Waals surface area contributed by atoms with Crippen molar-refractivity contribution in [3.63, 3.8) is 0 Å². The number of hydrogen-bond acceptors (Lipinski definition) is 5. The highest BCUT2D eigenvalue weighted by Gasteiger charge is 2.28. The third-order valence-corrected chi connectivity index (χ3v) is 5.92. The molecule has 7 nitrogen and oxygen atoms in total. The average Bonchev–Trinajstić information content (AvgIpc) is 3.44. The van der Waals surface area contributed by atoms with Crippen LogP contribution in [-0.4, -0.2) is 48.4 Å². The molecule has 0 radical (unpaired) electrons. The lowest BCUT2D eigenvalue weighted by Crippen LogP contribution is -2.39. The minimum atomic E-state index is 0.225. The normalized spacial score (nSPS) is 15.4. The van der Waals surface area contributed by atoms with Gasteiger partial charge in [0.2, 0.25) is 5.91 Å². The summed E-state index contributed by atoms with van der Waals surface area (Å²) in [5.41, 5.74) is 1.11. The van der Waals surface area contributed by atoms with E-state index in [2.05, 4.69) is 32.2 Å². The van der Waals surface area contributed by atoms with Crippen molar-refractivity contribution >= 4 is 17.2 Å². The van der Waals surface area contributed by atoms with Crippen molar-refractivity contribution < 1.29 is 4.79 Å². The van der Waals surface area contributed by atoms with Crippen molar-refractivity contribution in [2.24, 2.45) is 0 Å². The topological polar surface area (TPSA) is 68.8 Å². The lowest BCUT2D eigenvalue weighted by atomic mass is 9.95. The number of rotatable bonds is 6. The summed E-state index contributed by atoms with van der Waals surface area (Å²) >= 11 is 1.64. The number of piperidine rings is 1. The van der Waals surface area contributed by atoms with Gasteiger partial charge in [0.05, 0.1) is 6.42 Å². The Labute approximate surface area is 162 Å². The molecule has 0 N–H and O–H groups in total. The molecule has 0 saturated carbocycles. The number of likely N-dealkylation sites (tertiary alicyclic amines) is 1. The molecular weight excluding hydrogens is 360 g/mol. The van der Waals surface area contributed by atoms with Gasteiger partial charge in [-0.05, 0) is 48.2 Å². The summed E-state index contributed by atoms with van der Waals surface area (Å²) in [7, 11) is 0. The number of carbonyl (C=O) groups is 1. The van der Waals surface area contributed by atoms with Crippen LogP contribution in [0.2, 0.25) is 0 Å². The predicted octanol–water partition coefficient (Wildman–Crippen LogP) is 2.55. The third kappa shape index (κ3) is 3.95. The molecular formula is C19H24N6OS. The first-order valence-electron chi connectivity index (χ1n) is 9.43. The zero-order chi connectivity index (χ0) is 18.6. The Kier molecular flexibility index (Phi) is 5.33. The second-order valence-electron chi connectivity index (χ2n) is 6.89. The van der Waals surface area contributed by atoms with Gasteiger partial charge < -0.3 is 9.47 Å². The maximum absolute atomic E-state index is 12.5. The van der Waals surface area contributed by atoms with Crippen molar-refractivity contribution in [2.75, 3.05) is 13.1 Å². The van der Waals surface area contributed by atoms with Crippen LogP contribution in [0.5, 0.6) is 0 Å². The van der Waals surface area contributed by atoms with Gasteiger partial charge >= 0.3 is 0 Å². The average molecular weight is 385 g/mol. The van der Waals surface area contributed by atoms with E-state index >= 15 is 0 Å². The summed E-state index contributed by atoms with van der Waals surface area (Å²) in [6.45, 7) is 5.18. The molecule has 4 rings (SSSR count). The highest BCUT2D eigenvalue weighted by Crippen LogP contribution is 2.28. The Hall–Kier alpha value is -2.48. The van der Waals surface area contributed by atoms with Gasteiger partial charge in [-0.1, -0.05) is 0 Å². The van der Waals surface area contributed by atoms with E-state index in [4.69, 9.17) is 0 Å². The van der Waals surface area contributed by atoms with Gasteiger partial charge in [0.15, 0.2) is 5.82 Å². The minimum absolute atomic E-state index is 0.225. The van der Waals surface area contributed by atoms with Gasteiger partial charge in [-0.15, -0.1) is 10.2 Å². The standard InChI is InChI=1S/C19H24N6OS/c1-2-25-17(13-24-8-3-7-20-24)21-22-19(25)16-4-9-23(10-5-16)18(26)12-15-6-11-27-14-15/h3,6-8,11,14,16H,2,4-5,9-10,12-13H2,1H3. The van der Waals surface area contributed by atoms with Crippen molar-refractivity contribution in [2.45, 2.75) is 45.2 Å². The van der Waals surface area contributed by atoms with Gasteiger partial charge in [-0.25, -0.2) is 0 Å². The Morgan fingerprint density at radius 2 is 2.15 bits per heavy atom. The molecule has 0 aliphatic carbocycles. The van der Waals surface area contributed by atoms with E-state index in [1.165, 1.54) is 0 Å². The summed E-state index contributed by atoms with van der Waals surface area (Å²) in [5.74, 6) is 2.56. The minimum Gasteiger partial charge on any atom is -0.342 e. The van der Waals surface area contributed by atoms with Crippen LogP contribution in [0.3, 0.4) is 0 Å². The molecule has 1 fully saturated rings. The molecule has 8 heteroatoms. The van der Waals surface area contributed by atoms with Gasteiger partial charge in [-0.2, -0.15) is 16.4 Å². The van der Waals surface area contributed by atoms with E-state index < -0.39 is 0 Å². The van der Waals surface area contributed by atoms with Crippen molar-refractivity contribution in [1.29, 1.82) is 0 Å². The molecule has 1 aliphatic heterocycles. The Balaban J connectivity index is 1.39. The maximum atomic E-state index is 12.5. The molecule has 3 aromatic rings. The molecule has 4 heterocycles. The molecule has 1 aliphatic rings. The van der Waals surface area contributed by atoms with Gasteiger partial charge in [0, 0.05) is 37.9 Å². The van der Waals surface area contributed by atoms with Crippen LogP contribution >= 0.6 is 11.3 Å². The Morgan fingerprint density at radius 1 is 1.30 bits per heavy atom. The Bertz CT molecular complexity index is 862. The second-order valence-corrected chi connectivity index (χ2v) is 7.67. The molecule has 3 aromatic heterocycles. The molecule has 0 bridgehead atoms.